The van der Waals surface area contributed by atoms with Crippen LogP contribution in [0, 0.1) is 13.8 Å². The van der Waals surface area contributed by atoms with Gasteiger partial charge in [-0.05, 0) is 44.0 Å². The summed E-state index contributed by atoms with van der Waals surface area (Å²) in [6, 6.07) is 12.2. The topological polar surface area (TPSA) is 42.2 Å². The number of para-hydroxylation sites is 1. The Balaban J connectivity index is 2.35. The van der Waals surface area contributed by atoms with E-state index in [-0.39, 0.29) is 6.42 Å². The third kappa shape index (κ3) is 2.45. The number of hydrogen-bond acceptors (Lipinski definition) is 1. The van der Waals surface area contributed by atoms with Crippen LogP contribution in [0.15, 0.2) is 36.4 Å². The first-order chi connectivity index (χ1) is 8.59. The van der Waals surface area contributed by atoms with E-state index in [4.69, 9.17) is 5.11 Å². The smallest absolute Gasteiger partial charge is 0.303 e. The number of aromatic nitrogens is 1. The zero-order valence-corrected chi connectivity index (χ0v) is 10.7. The molecule has 0 saturated heterocycles. The van der Waals surface area contributed by atoms with Gasteiger partial charge in [0.25, 0.3) is 0 Å². The number of aliphatic carboxylic acids is 1. The second-order valence-electron chi connectivity index (χ2n) is 4.46. The van der Waals surface area contributed by atoms with Gasteiger partial charge < -0.3 is 9.67 Å². The first-order valence-corrected chi connectivity index (χ1v) is 6.04. The van der Waals surface area contributed by atoms with Crippen LogP contribution in [0.2, 0.25) is 0 Å². The van der Waals surface area contributed by atoms with E-state index in [1.165, 1.54) is 0 Å². The maximum atomic E-state index is 10.6. The average Bonchev–Trinajstić information content (AvgIpc) is 2.63. The summed E-state index contributed by atoms with van der Waals surface area (Å²) in [6.45, 7) is 4.08. The molecule has 0 aliphatic rings. The van der Waals surface area contributed by atoms with Crippen LogP contribution in [0.4, 0.5) is 0 Å². The maximum absolute atomic E-state index is 10.6. The van der Waals surface area contributed by atoms with Crippen LogP contribution in [0.1, 0.15) is 23.4 Å². The van der Waals surface area contributed by atoms with Gasteiger partial charge in [-0.3, -0.25) is 4.79 Å². The van der Waals surface area contributed by atoms with Crippen LogP contribution in [-0.2, 0) is 11.2 Å². The summed E-state index contributed by atoms with van der Waals surface area (Å²) in [5.41, 5.74) is 4.49. The highest BCUT2D eigenvalue weighted by Crippen LogP contribution is 2.21. The zero-order chi connectivity index (χ0) is 13.1. The minimum atomic E-state index is -0.750. The molecule has 94 valence electrons. The van der Waals surface area contributed by atoms with Crippen molar-refractivity contribution < 1.29 is 9.90 Å². The molecule has 1 heterocycles. The molecule has 0 atom stereocenters. The third-order valence-corrected chi connectivity index (χ3v) is 3.16. The number of carboxylic acid groups (broad SMARTS) is 1. The summed E-state index contributed by atoms with van der Waals surface area (Å²) in [6.07, 6.45) is 0.765. The van der Waals surface area contributed by atoms with E-state index in [0.717, 1.165) is 22.6 Å². The van der Waals surface area contributed by atoms with Gasteiger partial charge in [-0.15, -0.1) is 0 Å². The summed E-state index contributed by atoms with van der Waals surface area (Å²) >= 11 is 0. The van der Waals surface area contributed by atoms with Gasteiger partial charge in [0.05, 0.1) is 0 Å². The van der Waals surface area contributed by atoms with E-state index in [9.17, 15) is 4.79 Å². The molecule has 3 heteroatoms. The lowest BCUT2D eigenvalue weighted by molar-refractivity contribution is -0.136. The minimum Gasteiger partial charge on any atom is -0.481 e. The normalized spacial score (nSPS) is 10.6. The van der Waals surface area contributed by atoms with Crippen molar-refractivity contribution in [1.82, 2.24) is 4.57 Å². The Morgan fingerprint density at radius 3 is 2.50 bits per heavy atom. The lowest BCUT2D eigenvalue weighted by Crippen LogP contribution is -2.01. The molecule has 18 heavy (non-hydrogen) atoms. The molecule has 1 aromatic carbocycles. The Hall–Kier alpha value is -2.03. The number of rotatable bonds is 4. The Morgan fingerprint density at radius 1 is 1.22 bits per heavy atom. The largest absolute Gasteiger partial charge is 0.481 e. The minimum absolute atomic E-state index is 0.180. The van der Waals surface area contributed by atoms with Gasteiger partial charge in [0.2, 0.25) is 0 Å². The van der Waals surface area contributed by atoms with Crippen molar-refractivity contribution in [3.05, 3.63) is 53.3 Å². The van der Waals surface area contributed by atoms with Crippen LogP contribution in [-0.4, -0.2) is 15.6 Å². The van der Waals surface area contributed by atoms with Gasteiger partial charge in [0.1, 0.15) is 0 Å². The number of aryl methyl sites for hydroxylation is 2. The first-order valence-electron chi connectivity index (χ1n) is 6.04. The lowest BCUT2D eigenvalue weighted by atomic mass is 10.1. The molecule has 3 nitrogen and oxygen atoms in total. The lowest BCUT2D eigenvalue weighted by Gasteiger charge is -2.09. The van der Waals surface area contributed by atoms with E-state index in [1.807, 2.05) is 32.0 Å². The number of benzene rings is 1. The number of nitrogens with zero attached hydrogens (tertiary/aromatic N) is 1. The molecule has 0 saturated carbocycles. The summed E-state index contributed by atoms with van der Waals surface area (Å²) in [5, 5.41) is 8.75. The van der Waals surface area contributed by atoms with Crippen molar-refractivity contribution >= 4 is 5.97 Å². The quantitative estimate of drug-likeness (QED) is 0.896. The van der Waals surface area contributed by atoms with Crippen LogP contribution in [0.3, 0.4) is 0 Å². The van der Waals surface area contributed by atoms with E-state index in [2.05, 4.69) is 22.8 Å². The second kappa shape index (κ2) is 5.08. The van der Waals surface area contributed by atoms with Crippen LogP contribution in [0.25, 0.3) is 5.69 Å². The molecule has 0 fully saturated rings. The summed E-state index contributed by atoms with van der Waals surface area (Å²) in [4.78, 5) is 10.6. The highest BCUT2D eigenvalue weighted by Gasteiger charge is 2.11. The number of hydrogen-bond donors (Lipinski definition) is 1. The molecule has 2 aromatic rings. The predicted octanol–water partition coefficient (Wildman–Crippen LogP) is 3.11. The average molecular weight is 243 g/mol. The van der Waals surface area contributed by atoms with Crippen molar-refractivity contribution in [2.24, 2.45) is 0 Å². The molecular weight excluding hydrogens is 226 g/mol. The van der Waals surface area contributed by atoms with Gasteiger partial charge in [-0.1, -0.05) is 18.2 Å². The van der Waals surface area contributed by atoms with Crippen LogP contribution in [0.5, 0.6) is 0 Å². The van der Waals surface area contributed by atoms with Crippen molar-refractivity contribution in [2.45, 2.75) is 26.7 Å². The van der Waals surface area contributed by atoms with Gasteiger partial charge >= 0.3 is 5.97 Å². The van der Waals surface area contributed by atoms with Gasteiger partial charge in [-0.2, -0.15) is 0 Å². The number of carboxylic acids is 1. The SMILES string of the molecule is Cc1cc(CCC(=O)O)c(C)n1-c1ccccc1. The van der Waals surface area contributed by atoms with E-state index >= 15 is 0 Å². The molecule has 2 rings (SSSR count). The molecule has 0 aliphatic carbocycles. The Bertz CT molecular complexity index is 555. The molecule has 0 spiro atoms. The van der Waals surface area contributed by atoms with E-state index in [0.29, 0.717) is 6.42 Å². The zero-order valence-electron chi connectivity index (χ0n) is 10.7. The fraction of sp³-hybridized carbons (Fsp3) is 0.267. The monoisotopic (exact) mass is 243 g/mol. The predicted molar refractivity (Wildman–Crippen MR) is 71.2 cm³/mol. The van der Waals surface area contributed by atoms with Crippen molar-refractivity contribution in [3.63, 3.8) is 0 Å². The van der Waals surface area contributed by atoms with Crippen LogP contribution >= 0.6 is 0 Å². The fourth-order valence-electron chi connectivity index (χ4n) is 2.30. The van der Waals surface area contributed by atoms with Crippen molar-refractivity contribution in [1.29, 1.82) is 0 Å². The molecule has 0 amide bonds. The van der Waals surface area contributed by atoms with Gasteiger partial charge in [0.15, 0.2) is 0 Å². The standard InChI is InChI=1S/C15H17NO2/c1-11-10-13(8-9-15(17)18)12(2)16(11)14-6-4-3-5-7-14/h3-7,10H,8-9H2,1-2H3,(H,17,18). The van der Waals surface area contributed by atoms with E-state index < -0.39 is 5.97 Å². The molecule has 0 bridgehead atoms. The highest BCUT2D eigenvalue weighted by atomic mass is 16.4. The molecule has 0 unspecified atom stereocenters. The van der Waals surface area contributed by atoms with E-state index in [1.54, 1.807) is 0 Å². The maximum Gasteiger partial charge on any atom is 0.303 e. The fourth-order valence-corrected chi connectivity index (χ4v) is 2.30. The molecular formula is C15H17NO2. The Kier molecular flexibility index (Phi) is 3.51. The number of carbonyl (C=O) groups is 1. The summed E-state index contributed by atoms with van der Waals surface area (Å²) in [5.74, 6) is -0.750. The second-order valence-corrected chi connectivity index (χ2v) is 4.46. The van der Waals surface area contributed by atoms with Gasteiger partial charge in [0, 0.05) is 23.5 Å². The van der Waals surface area contributed by atoms with Gasteiger partial charge in [-0.25, -0.2) is 0 Å². The first kappa shape index (κ1) is 12.4. The Morgan fingerprint density at radius 2 is 1.89 bits per heavy atom. The highest BCUT2D eigenvalue weighted by molar-refractivity contribution is 5.67. The molecule has 1 aromatic heterocycles. The van der Waals surface area contributed by atoms with Crippen molar-refractivity contribution in [3.8, 4) is 5.69 Å². The summed E-state index contributed by atoms with van der Waals surface area (Å²) in [7, 11) is 0. The molecule has 0 radical (unpaired) electrons. The third-order valence-electron chi connectivity index (χ3n) is 3.16. The summed E-state index contributed by atoms with van der Waals surface area (Å²) < 4.78 is 2.16. The van der Waals surface area contributed by atoms with Crippen molar-refractivity contribution in [2.75, 3.05) is 0 Å². The molecule has 1 N–H and O–H groups in total. The van der Waals surface area contributed by atoms with Crippen LogP contribution < -0.4 is 0 Å². The molecule has 0 aliphatic heterocycles. The Labute approximate surface area is 107 Å².